The fraction of sp³-hybridized carbons (Fsp3) is 1.00. The van der Waals surface area contributed by atoms with Crippen molar-refractivity contribution < 1.29 is 144 Å². The van der Waals surface area contributed by atoms with E-state index in [0.717, 1.165) is 0 Å². The highest BCUT2D eigenvalue weighted by molar-refractivity contribution is 4.99. The first-order valence-corrected chi connectivity index (χ1v) is 20.4. The van der Waals surface area contributed by atoms with Gasteiger partial charge < -0.3 is 144 Å². The molecule has 0 aliphatic carbocycles. The van der Waals surface area contributed by atoms with Crippen LogP contribution in [0, 0.1) is 0 Å². The van der Waals surface area contributed by atoms with Gasteiger partial charge in [0.25, 0.3) is 0 Å². The van der Waals surface area contributed by atoms with Crippen molar-refractivity contribution in [3.8, 4) is 0 Å². The maximum Gasteiger partial charge on any atom is 0.187 e. The Balaban J connectivity index is 1.04. The van der Waals surface area contributed by atoms with E-state index in [4.69, 9.17) is 52.1 Å². The van der Waals surface area contributed by atoms with E-state index in [0.29, 0.717) is 0 Å². The molecule has 0 aromatic carbocycles. The monoisotopic (exact) mass is 944 g/mol. The van der Waals surface area contributed by atoms with Crippen LogP contribution in [0.15, 0.2) is 0 Å². The van der Waals surface area contributed by atoms with Crippen LogP contribution in [0.5, 0.6) is 0 Å². The molecule has 64 heavy (non-hydrogen) atoms. The Morgan fingerprint density at radius 1 is 0.344 bits per heavy atom. The first-order chi connectivity index (χ1) is 30.3. The number of aliphatic hydroxyl groups is 18. The van der Waals surface area contributed by atoms with Crippen LogP contribution in [0.4, 0.5) is 0 Å². The molecule has 18 N–H and O–H groups in total. The molecule has 374 valence electrons. The van der Waals surface area contributed by atoms with Crippen molar-refractivity contribution in [2.45, 2.75) is 185 Å². The normalized spacial score (nSPS) is 54.1. The van der Waals surface area contributed by atoms with Gasteiger partial charge in [-0.15, -0.1) is 0 Å². The Morgan fingerprint density at radius 3 is 1.11 bits per heavy atom. The van der Waals surface area contributed by atoms with Crippen molar-refractivity contribution >= 4 is 0 Å². The van der Waals surface area contributed by atoms with E-state index in [-0.39, 0.29) is 0 Å². The van der Waals surface area contributed by atoms with E-state index in [1.54, 1.807) is 0 Å². The van der Waals surface area contributed by atoms with Gasteiger partial charge in [0.05, 0.1) is 39.1 Å². The Labute approximate surface area is 362 Å². The summed E-state index contributed by atoms with van der Waals surface area (Å²) < 4.78 is 60.6. The highest BCUT2D eigenvalue weighted by atomic mass is 16.8. The molecular weight excluding hydrogens is 884 g/mol. The summed E-state index contributed by atoms with van der Waals surface area (Å²) in [6.45, 7) is -2.85. The Morgan fingerprint density at radius 2 is 0.688 bits per heavy atom. The zero-order chi connectivity index (χ0) is 47.1. The van der Waals surface area contributed by atoms with Crippen molar-refractivity contribution in [2.75, 3.05) is 33.0 Å². The van der Waals surface area contributed by atoms with Crippen LogP contribution >= 0.6 is 0 Å². The molecule has 0 aromatic rings. The lowest BCUT2D eigenvalue weighted by Crippen LogP contribution is -2.67. The molecule has 0 saturated carbocycles. The average Bonchev–Trinajstić information content (AvgIpc) is 3.28. The minimum atomic E-state index is -2.13. The third-order valence-corrected chi connectivity index (χ3v) is 12.0. The molecule has 6 aliphatic heterocycles. The van der Waals surface area contributed by atoms with Crippen molar-refractivity contribution in [3.05, 3.63) is 0 Å². The van der Waals surface area contributed by atoms with E-state index in [9.17, 15) is 91.9 Å². The molecule has 6 saturated heterocycles. The zero-order valence-electron chi connectivity index (χ0n) is 33.8. The van der Waals surface area contributed by atoms with Crippen molar-refractivity contribution in [3.63, 3.8) is 0 Å². The van der Waals surface area contributed by atoms with Crippen LogP contribution < -0.4 is 0 Å². The number of rotatable bonds is 14. The molecule has 0 amide bonds. The molecule has 6 aliphatic rings. The van der Waals surface area contributed by atoms with Gasteiger partial charge in [0.2, 0.25) is 0 Å². The topological polar surface area (TPSA) is 466 Å². The summed E-state index contributed by atoms with van der Waals surface area (Å²) in [4.78, 5) is 0. The standard InChI is InChI=1S/C35H60O29/c1-7-26(16(43)20(47)30(53)55-7)61-31-21(48)14(41)12(6-54-31)60-32-23(50)17(44)27(9(3-37)57-32)63-34-25(52)19(46)29(11(5-39)59-34)64-35-24(51)18(45)28(10(4-38)58-35)62-33-22(49)15(42)13(40)8(2-36)56-33/h7-53H,2-6H2,1H3/t7-,8+,9-,10+,11+,12+,13-,14-,15+,16-,17-,18+,19+,20+,21-,22-,23-,24-,25-,26-,27-,28+,29+,30-,31-,32+,33-,34-,35-/m0/s1. The summed E-state index contributed by atoms with van der Waals surface area (Å²) in [5.41, 5.74) is 0. The number of aliphatic hydroxyl groups excluding tert-OH is 18. The SMILES string of the molecule is C[C@@H]1O[C@H](O)[C@H](O)[C@H](O)[C@H]1O[C@@H]1OC[C@@H](O[C@H]2O[C@@H](CO)[C@H](O[C@@H]3O[C@H](CO)[C@@H](O[C@@H]4O[C@H](CO)[C@@H](O[C@@H]5O[C@H](CO)[C@H](O)[C@@H](O)[C@@H]5O)[C@H](O)[C@@H]4O)[C@H](O)[C@@H]3O)[C@@H](O)[C@@H]2O)[C@H](O)[C@@H]1O. The van der Waals surface area contributed by atoms with Crippen LogP contribution in [-0.2, 0) is 52.1 Å². The molecule has 0 radical (unpaired) electrons. The van der Waals surface area contributed by atoms with Crippen LogP contribution in [0.2, 0.25) is 0 Å². The van der Waals surface area contributed by atoms with Gasteiger partial charge in [0, 0.05) is 0 Å². The molecule has 0 unspecified atom stereocenters. The molecule has 0 spiro atoms. The highest BCUT2D eigenvalue weighted by Gasteiger charge is 2.56. The first-order valence-electron chi connectivity index (χ1n) is 20.4. The summed E-state index contributed by atoms with van der Waals surface area (Å²) in [7, 11) is 0. The first kappa shape index (κ1) is 52.2. The maximum absolute atomic E-state index is 11.2. The molecule has 29 heteroatoms. The minimum Gasteiger partial charge on any atom is -0.394 e. The third-order valence-electron chi connectivity index (χ3n) is 12.0. The van der Waals surface area contributed by atoms with Crippen LogP contribution in [0.1, 0.15) is 6.92 Å². The van der Waals surface area contributed by atoms with Gasteiger partial charge in [0.15, 0.2) is 37.7 Å². The summed E-state index contributed by atoms with van der Waals surface area (Å²) in [6.07, 6.45) is -51.5. The van der Waals surface area contributed by atoms with E-state index < -0.39 is 211 Å². The quantitative estimate of drug-likeness (QED) is 0.0769. The fourth-order valence-electron chi connectivity index (χ4n) is 8.19. The van der Waals surface area contributed by atoms with Gasteiger partial charge in [-0.25, -0.2) is 0 Å². The molecule has 29 nitrogen and oxygen atoms in total. The number of hydrogen-bond donors (Lipinski definition) is 18. The lowest BCUT2D eigenvalue weighted by molar-refractivity contribution is -0.392. The molecular formula is C35H60O29. The highest BCUT2D eigenvalue weighted by Crippen LogP contribution is 2.35. The Hall–Kier alpha value is -1.16. The van der Waals surface area contributed by atoms with Gasteiger partial charge >= 0.3 is 0 Å². The summed E-state index contributed by atoms with van der Waals surface area (Å²) in [6, 6.07) is 0. The van der Waals surface area contributed by atoms with Crippen LogP contribution in [0.3, 0.4) is 0 Å². The van der Waals surface area contributed by atoms with Gasteiger partial charge in [-0.1, -0.05) is 0 Å². The molecule has 29 atom stereocenters. The summed E-state index contributed by atoms with van der Waals surface area (Å²) in [5, 5.41) is 188. The van der Waals surface area contributed by atoms with Gasteiger partial charge in [0.1, 0.15) is 134 Å². The molecule has 6 fully saturated rings. The molecule has 0 bridgehead atoms. The summed E-state index contributed by atoms with van der Waals surface area (Å²) >= 11 is 0. The second kappa shape index (κ2) is 22.1. The van der Waals surface area contributed by atoms with E-state index in [2.05, 4.69) is 0 Å². The second-order valence-corrected chi connectivity index (χ2v) is 16.3. The van der Waals surface area contributed by atoms with Gasteiger partial charge in [-0.3, -0.25) is 0 Å². The number of ether oxygens (including phenoxy) is 11. The predicted molar refractivity (Wildman–Crippen MR) is 192 cm³/mol. The van der Waals surface area contributed by atoms with Crippen LogP contribution in [0.25, 0.3) is 0 Å². The minimum absolute atomic E-state index is 0.552. The molecule has 6 heterocycles. The van der Waals surface area contributed by atoms with Crippen molar-refractivity contribution in [1.82, 2.24) is 0 Å². The molecule has 6 rings (SSSR count). The van der Waals surface area contributed by atoms with E-state index in [1.165, 1.54) is 6.92 Å². The average molecular weight is 945 g/mol. The van der Waals surface area contributed by atoms with Crippen molar-refractivity contribution in [1.29, 1.82) is 0 Å². The zero-order valence-corrected chi connectivity index (χ0v) is 33.8. The lowest BCUT2D eigenvalue weighted by Gasteiger charge is -2.49. The van der Waals surface area contributed by atoms with Crippen LogP contribution in [-0.4, -0.2) is 303 Å². The maximum atomic E-state index is 11.2. The smallest absolute Gasteiger partial charge is 0.187 e. The predicted octanol–water partition coefficient (Wildman–Crippen LogP) is -12.4. The third kappa shape index (κ3) is 10.5. The summed E-state index contributed by atoms with van der Waals surface area (Å²) in [5.74, 6) is 0. The fourth-order valence-corrected chi connectivity index (χ4v) is 8.19. The number of hydrogen-bond acceptors (Lipinski definition) is 29. The second-order valence-electron chi connectivity index (χ2n) is 16.3. The van der Waals surface area contributed by atoms with Gasteiger partial charge in [-0.2, -0.15) is 0 Å². The molecule has 0 aromatic heterocycles. The van der Waals surface area contributed by atoms with Gasteiger partial charge in [-0.05, 0) is 6.92 Å². The van der Waals surface area contributed by atoms with E-state index >= 15 is 0 Å². The Kier molecular flexibility index (Phi) is 18.0. The van der Waals surface area contributed by atoms with Crippen molar-refractivity contribution in [2.24, 2.45) is 0 Å². The largest absolute Gasteiger partial charge is 0.394 e. The Bertz CT molecular complexity index is 1430. The lowest BCUT2D eigenvalue weighted by atomic mass is 9.95. The van der Waals surface area contributed by atoms with E-state index in [1.807, 2.05) is 0 Å².